The first-order valence-corrected chi connectivity index (χ1v) is 14.7. The lowest BCUT2D eigenvalue weighted by molar-refractivity contribution is 0.103. The fourth-order valence-electron chi connectivity index (χ4n) is 5.89. The molecule has 196 valence electrons. The molecule has 0 fully saturated rings. The summed E-state index contributed by atoms with van der Waals surface area (Å²) < 4.78 is 33.0. The zero-order valence-electron chi connectivity index (χ0n) is 21.6. The van der Waals surface area contributed by atoms with Crippen molar-refractivity contribution in [1.29, 1.82) is 0 Å². The van der Waals surface area contributed by atoms with Gasteiger partial charge < -0.3 is 9.64 Å². The average molecular weight is 552 g/mol. The molecule has 5 nitrogen and oxygen atoms in total. The number of fused-ring (bicyclic) bond motifs is 5. The van der Waals surface area contributed by atoms with E-state index in [4.69, 9.17) is 4.74 Å². The molecule has 41 heavy (non-hydrogen) atoms. The highest BCUT2D eigenvalue weighted by Crippen LogP contribution is 2.50. The summed E-state index contributed by atoms with van der Waals surface area (Å²) in [5.74, 6) is 1.30. The summed E-state index contributed by atoms with van der Waals surface area (Å²) in [5, 5.41) is 1.99. The highest BCUT2D eigenvalue weighted by atomic mass is 32.2. The third-order valence-electron chi connectivity index (χ3n) is 7.79. The fraction of sp³-hybridized carbons (Fsp3) is 0. The van der Waals surface area contributed by atoms with Crippen LogP contribution in [0.1, 0.15) is 15.9 Å². The molecule has 0 saturated heterocycles. The van der Waals surface area contributed by atoms with Crippen molar-refractivity contribution in [2.24, 2.45) is 0 Å². The molecule has 2 aliphatic heterocycles. The Kier molecular flexibility index (Phi) is 4.99. The second-order valence-electron chi connectivity index (χ2n) is 10.1. The van der Waals surface area contributed by atoms with Crippen LogP contribution in [0.25, 0.3) is 21.9 Å². The number of carbonyl (C=O) groups is 1. The molecule has 0 N–H and O–H groups in total. The van der Waals surface area contributed by atoms with Gasteiger partial charge >= 0.3 is 0 Å². The van der Waals surface area contributed by atoms with Crippen LogP contribution < -0.4 is 9.64 Å². The molecule has 6 aromatic rings. The zero-order chi connectivity index (χ0) is 27.7. The Morgan fingerprint density at radius 1 is 0.561 bits per heavy atom. The number of hydrogen-bond acceptors (Lipinski definition) is 5. The molecule has 0 saturated carbocycles. The molecule has 2 heterocycles. The number of rotatable bonds is 2. The van der Waals surface area contributed by atoms with Crippen LogP contribution in [-0.4, -0.2) is 14.2 Å². The van der Waals surface area contributed by atoms with E-state index in [1.165, 1.54) is 12.1 Å². The van der Waals surface area contributed by atoms with Gasteiger partial charge in [0.15, 0.2) is 17.3 Å². The van der Waals surface area contributed by atoms with E-state index >= 15 is 0 Å². The van der Waals surface area contributed by atoms with Crippen LogP contribution in [0.2, 0.25) is 0 Å². The quantitative estimate of drug-likeness (QED) is 0.216. The van der Waals surface area contributed by atoms with Gasteiger partial charge in [-0.25, -0.2) is 8.42 Å². The lowest BCUT2D eigenvalue weighted by Crippen LogP contribution is -2.21. The van der Waals surface area contributed by atoms with E-state index in [9.17, 15) is 13.2 Å². The van der Waals surface area contributed by atoms with Crippen molar-refractivity contribution in [2.45, 2.75) is 9.79 Å². The van der Waals surface area contributed by atoms with Gasteiger partial charge in [0.1, 0.15) is 0 Å². The summed E-state index contributed by atoms with van der Waals surface area (Å²) in [7, 11) is -3.81. The summed E-state index contributed by atoms with van der Waals surface area (Å²) >= 11 is 0. The second kappa shape index (κ2) is 8.65. The van der Waals surface area contributed by atoms with Gasteiger partial charge in [-0.15, -0.1) is 0 Å². The SMILES string of the molecule is O=C1c2ccccc2S(=O)(=O)c2cccc(-c3ccc4cc(N5c6ccccc6Oc6ccccc65)ccc4c3)c21. The Bertz CT molecular complexity index is 2140. The topological polar surface area (TPSA) is 63.7 Å². The second-order valence-corrected chi connectivity index (χ2v) is 12.0. The largest absolute Gasteiger partial charge is 0.453 e. The number of ether oxygens (including phenoxy) is 1. The van der Waals surface area contributed by atoms with Gasteiger partial charge in [0.2, 0.25) is 9.84 Å². The van der Waals surface area contributed by atoms with E-state index in [0.29, 0.717) is 5.56 Å². The van der Waals surface area contributed by atoms with Crippen molar-refractivity contribution >= 4 is 43.5 Å². The Hall–Kier alpha value is -5.20. The van der Waals surface area contributed by atoms with E-state index in [0.717, 1.165) is 44.9 Å². The van der Waals surface area contributed by atoms with Crippen LogP contribution in [0.4, 0.5) is 17.1 Å². The maximum Gasteiger partial charge on any atom is 0.208 e. The Morgan fingerprint density at radius 3 is 1.95 bits per heavy atom. The number of nitrogens with zero attached hydrogens (tertiary/aromatic N) is 1. The Labute approximate surface area is 236 Å². The first-order chi connectivity index (χ1) is 20.0. The molecular formula is C35H21NO4S. The summed E-state index contributed by atoms with van der Waals surface area (Å²) in [6.45, 7) is 0. The first-order valence-electron chi connectivity index (χ1n) is 13.2. The van der Waals surface area contributed by atoms with Gasteiger partial charge in [0.05, 0.1) is 21.2 Å². The summed E-state index contributed by atoms with van der Waals surface area (Å²) in [4.78, 5) is 15.9. The summed E-state index contributed by atoms with van der Waals surface area (Å²) in [6, 6.07) is 39.6. The average Bonchev–Trinajstić information content (AvgIpc) is 3.02. The molecule has 0 aliphatic carbocycles. The van der Waals surface area contributed by atoms with Crippen molar-refractivity contribution in [2.75, 3.05) is 4.90 Å². The summed E-state index contributed by atoms with van der Waals surface area (Å²) in [6.07, 6.45) is 0. The number of anilines is 3. The van der Waals surface area contributed by atoms with Crippen LogP contribution in [0.5, 0.6) is 11.5 Å². The Balaban J connectivity index is 1.25. The molecule has 0 radical (unpaired) electrons. The summed E-state index contributed by atoms with van der Waals surface area (Å²) in [5.41, 5.74) is 4.73. The maximum absolute atomic E-state index is 13.6. The highest BCUT2D eigenvalue weighted by molar-refractivity contribution is 7.91. The van der Waals surface area contributed by atoms with Crippen molar-refractivity contribution in [1.82, 2.24) is 0 Å². The van der Waals surface area contributed by atoms with Crippen molar-refractivity contribution in [3.8, 4) is 22.6 Å². The third-order valence-corrected chi connectivity index (χ3v) is 9.64. The normalized spacial score (nSPS) is 14.4. The molecule has 0 unspecified atom stereocenters. The van der Waals surface area contributed by atoms with Crippen molar-refractivity contribution in [3.63, 3.8) is 0 Å². The number of sulfone groups is 1. The highest BCUT2D eigenvalue weighted by Gasteiger charge is 2.36. The minimum atomic E-state index is -3.81. The fourth-order valence-corrected chi connectivity index (χ4v) is 7.57. The molecule has 0 amide bonds. The number of benzene rings is 6. The minimum absolute atomic E-state index is 0.0544. The predicted molar refractivity (Wildman–Crippen MR) is 159 cm³/mol. The number of para-hydroxylation sites is 4. The molecule has 0 bridgehead atoms. The van der Waals surface area contributed by atoms with Crippen LogP contribution in [0, 0.1) is 0 Å². The molecular weight excluding hydrogens is 530 g/mol. The van der Waals surface area contributed by atoms with Gasteiger partial charge in [-0.3, -0.25) is 4.79 Å². The van der Waals surface area contributed by atoms with Crippen molar-refractivity contribution in [3.05, 3.63) is 139 Å². The number of carbonyl (C=O) groups excluding carboxylic acids is 1. The van der Waals surface area contributed by atoms with E-state index in [1.54, 1.807) is 24.3 Å². The molecule has 2 aliphatic rings. The van der Waals surface area contributed by atoms with E-state index < -0.39 is 9.84 Å². The maximum atomic E-state index is 13.6. The molecule has 0 aromatic heterocycles. The Morgan fingerprint density at radius 2 is 1.17 bits per heavy atom. The van der Waals surface area contributed by atoms with Crippen LogP contribution in [0.15, 0.2) is 137 Å². The smallest absolute Gasteiger partial charge is 0.208 e. The van der Waals surface area contributed by atoms with E-state index in [-0.39, 0.29) is 26.7 Å². The molecule has 6 heteroatoms. The van der Waals surface area contributed by atoms with Gasteiger partial charge in [-0.1, -0.05) is 66.7 Å². The zero-order valence-corrected chi connectivity index (χ0v) is 22.4. The molecule has 8 rings (SSSR count). The molecule has 0 atom stereocenters. The predicted octanol–water partition coefficient (Wildman–Crippen LogP) is 8.46. The van der Waals surface area contributed by atoms with Crippen LogP contribution in [0.3, 0.4) is 0 Å². The van der Waals surface area contributed by atoms with Crippen LogP contribution in [-0.2, 0) is 9.84 Å². The first kappa shape index (κ1) is 23.7. The number of hydrogen-bond donors (Lipinski definition) is 0. The van der Waals surface area contributed by atoms with Gasteiger partial charge in [0, 0.05) is 16.8 Å². The third kappa shape index (κ3) is 3.47. The van der Waals surface area contributed by atoms with Gasteiger partial charge in [-0.05, 0) is 82.6 Å². The number of ketones is 1. The standard InChI is InChI=1S/C35H21NO4S/c37-35-27-8-1-6-14-32(27)41(38,39)33-15-7-9-26(34(33)35)24-17-16-23-21-25(19-18-22(23)20-24)36-28-10-2-4-12-30(28)40-31-13-5-3-11-29(31)36/h1-21H. The molecule has 0 spiro atoms. The van der Waals surface area contributed by atoms with E-state index in [1.807, 2.05) is 72.8 Å². The minimum Gasteiger partial charge on any atom is -0.453 e. The molecule has 6 aromatic carbocycles. The van der Waals surface area contributed by atoms with Crippen molar-refractivity contribution < 1.29 is 17.9 Å². The van der Waals surface area contributed by atoms with Gasteiger partial charge in [0.25, 0.3) is 0 Å². The van der Waals surface area contributed by atoms with E-state index in [2.05, 4.69) is 23.1 Å². The lowest BCUT2D eigenvalue weighted by Gasteiger charge is -2.32. The lowest BCUT2D eigenvalue weighted by atomic mass is 9.92. The van der Waals surface area contributed by atoms with Gasteiger partial charge in [-0.2, -0.15) is 0 Å². The van der Waals surface area contributed by atoms with Crippen LogP contribution >= 0.6 is 0 Å². The monoisotopic (exact) mass is 551 g/mol.